The average Bonchev–Trinajstić information content (AvgIpc) is 2.41. The van der Waals surface area contributed by atoms with Crippen LogP contribution >= 0.6 is 27.5 Å². The van der Waals surface area contributed by atoms with Crippen molar-refractivity contribution in [2.24, 2.45) is 0 Å². The van der Waals surface area contributed by atoms with Gasteiger partial charge in [-0.2, -0.15) is 0 Å². The molecule has 0 bridgehead atoms. The van der Waals surface area contributed by atoms with Gasteiger partial charge in [-0.3, -0.25) is 4.79 Å². The minimum atomic E-state index is -1.16. The number of nitrogens with one attached hydrogen (secondary N) is 1. The zero-order chi connectivity index (χ0) is 15.6. The van der Waals surface area contributed by atoms with Gasteiger partial charge < -0.3 is 16.2 Å². The van der Waals surface area contributed by atoms with Crippen molar-refractivity contribution in [3.63, 3.8) is 0 Å². The topological polar surface area (TPSA) is 92.4 Å². The van der Waals surface area contributed by atoms with Gasteiger partial charge in [0.25, 0.3) is 5.91 Å². The molecule has 0 saturated carbocycles. The van der Waals surface area contributed by atoms with Crippen molar-refractivity contribution in [2.45, 2.75) is 0 Å². The maximum atomic E-state index is 12.2. The van der Waals surface area contributed by atoms with Crippen LogP contribution in [0.1, 0.15) is 20.7 Å². The number of carbonyl (C=O) groups is 2. The number of benzene rings is 2. The van der Waals surface area contributed by atoms with E-state index in [9.17, 15) is 9.59 Å². The molecule has 0 atom stereocenters. The molecule has 0 aliphatic rings. The predicted molar refractivity (Wildman–Crippen MR) is 84.9 cm³/mol. The normalized spacial score (nSPS) is 10.2. The molecule has 7 heteroatoms. The highest BCUT2D eigenvalue weighted by molar-refractivity contribution is 9.10. The number of halogens is 2. The fraction of sp³-hybridized carbons (Fsp3) is 0. The van der Waals surface area contributed by atoms with Gasteiger partial charge in [-0.25, -0.2) is 4.79 Å². The Morgan fingerprint density at radius 1 is 1.19 bits per heavy atom. The van der Waals surface area contributed by atoms with Crippen molar-refractivity contribution in [2.75, 3.05) is 11.1 Å². The molecule has 4 N–H and O–H groups in total. The zero-order valence-corrected chi connectivity index (χ0v) is 12.9. The molecule has 2 rings (SSSR count). The van der Waals surface area contributed by atoms with E-state index in [-0.39, 0.29) is 21.8 Å². The maximum Gasteiger partial charge on any atom is 0.337 e. The molecule has 0 spiro atoms. The van der Waals surface area contributed by atoms with Crippen LogP contribution in [0.5, 0.6) is 0 Å². The van der Waals surface area contributed by atoms with Crippen LogP contribution in [0.4, 0.5) is 11.4 Å². The van der Waals surface area contributed by atoms with E-state index in [0.29, 0.717) is 10.2 Å². The summed E-state index contributed by atoms with van der Waals surface area (Å²) in [7, 11) is 0. The standard InChI is InChI=1S/C14H10BrClN2O3/c15-10-3-1-2-9(12(10)16)13(19)18-11-6-7(17)4-5-8(11)14(20)21/h1-6H,17H2,(H,18,19)(H,20,21). The number of nitrogens with two attached hydrogens (primary N) is 1. The lowest BCUT2D eigenvalue weighted by Crippen LogP contribution is -2.15. The number of hydrogen-bond acceptors (Lipinski definition) is 3. The van der Waals surface area contributed by atoms with E-state index in [1.165, 1.54) is 24.3 Å². The molecule has 21 heavy (non-hydrogen) atoms. The Morgan fingerprint density at radius 3 is 2.57 bits per heavy atom. The summed E-state index contributed by atoms with van der Waals surface area (Å²) in [5.41, 5.74) is 6.25. The number of anilines is 2. The second-order valence-electron chi connectivity index (χ2n) is 4.17. The minimum Gasteiger partial charge on any atom is -0.478 e. The van der Waals surface area contributed by atoms with Gasteiger partial charge in [0.15, 0.2) is 0 Å². The summed E-state index contributed by atoms with van der Waals surface area (Å²) < 4.78 is 0.572. The highest BCUT2D eigenvalue weighted by Gasteiger charge is 2.16. The summed E-state index contributed by atoms with van der Waals surface area (Å²) in [6.07, 6.45) is 0. The summed E-state index contributed by atoms with van der Waals surface area (Å²) in [5, 5.41) is 11.9. The summed E-state index contributed by atoms with van der Waals surface area (Å²) in [5.74, 6) is -1.68. The van der Waals surface area contributed by atoms with Gasteiger partial charge >= 0.3 is 5.97 Å². The smallest absolute Gasteiger partial charge is 0.337 e. The fourth-order valence-electron chi connectivity index (χ4n) is 1.72. The molecule has 0 aliphatic heterocycles. The molecule has 0 radical (unpaired) electrons. The van der Waals surface area contributed by atoms with E-state index in [2.05, 4.69) is 21.2 Å². The lowest BCUT2D eigenvalue weighted by Gasteiger charge is -2.10. The number of rotatable bonds is 3. The molecule has 0 aliphatic carbocycles. The van der Waals surface area contributed by atoms with Crippen molar-refractivity contribution >= 4 is 50.8 Å². The molecule has 0 aromatic heterocycles. The van der Waals surface area contributed by atoms with Crippen LogP contribution in [0.15, 0.2) is 40.9 Å². The first-order valence-electron chi connectivity index (χ1n) is 5.78. The van der Waals surface area contributed by atoms with Crippen molar-refractivity contribution in [3.8, 4) is 0 Å². The third-order valence-electron chi connectivity index (χ3n) is 2.72. The first kappa shape index (κ1) is 15.3. The summed E-state index contributed by atoms with van der Waals surface area (Å²) in [4.78, 5) is 23.4. The fourth-order valence-corrected chi connectivity index (χ4v) is 2.30. The molecule has 108 valence electrons. The molecule has 2 aromatic carbocycles. The van der Waals surface area contributed by atoms with Gasteiger partial charge in [0, 0.05) is 10.2 Å². The molecule has 0 heterocycles. The van der Waals surface area contributed by atoms with Gasteiger partial charge in [-0.1, -0.05) is 17.7 Å². The number of carboxylic acids is 1. The number of nitrogen functional groups attached to an aromatic ring is 1. The predicted octanol–water partition coefficient (Wildman–Crippen LogP) is 3.64. The Labute approximate surface area is 133 Å². The maximum absolute atomic E-state index is 12.2. The number of amides is 1. The van der Waals surface area contributed by atoms with E-state index in [4.69, 9.17) is 22.4 Å². The highest BCUT2D eigenvalue weighted by Crippen LogP contribution is 2.27. The molecule has 5 nitrogen and oxygen atoms in total. The van der Waals surface area contributed by atoms with Crippen LogP contribution < -0.4 is 11.1 Å². The van der Waals surface area contributed by atoms with Crippen molar-refractivity contribution in [1.82, 2.24) is 0 Å². The second-order valence-corrected chi connectivity index (χ2v) is 5.40. The third-order valence-corrected chi connectivity index (χ3v) is 4.01. The lowest BCUT2D eigenvalue weighted by molar-refractivity contribution is 0.0698. The monoisotopic (exact) mass is 368 g/mol. The third kappa shape index (κ3) is 3.34. The quantitative estimate of drug-likeness (QED) is 0.720. The Kier molecular flexibility index (Phi) is 4.50. The number of hydrogen-bond donors (Lipinski definition) is 3. The Balaban J connectivity index is 2.38. The van der Waals surface area contributed by atoms with Crippen LogP contribution in [-0.4, -0.2) is 17.0 Å². The van der Waals surface area contributed by atoms with Crippen LogP contribution in [0.3, 0.4) is 0 Å². The Morgan fingerprint density at radius 2 is 1.90 bits per heavy atom. The number of aromatic carboxylic acids is 1. The van der Waals surface area contributed by atoms with Crippen LogP contribution in [0.2, 0.25) is 5.02 Å². The molecule has 0 unspecified atom stereocenters. The zero-order valence-electron chi connectivity index (χ0n) is 10.6. The van der Waals surface area contributed by atoms with Gasteiger partial charge in [0.05, 0.1) is 21.8 Å². The van der Waals surface area contributed by atoms with Gasteiger partial charge in [0.2, 0.25) is 0 Å². The van der Waals surface area contributed by atoms with Crippen LogP contribution in [-0.2, 0) is 0 Å². The number of carboxylic acid groups (broad SMARTS) is 1. The summed E-state index contributed by atoms with van der Waals surface area (Å²) in [6, 6.07) is 9.05. The molecular weight excluding hydrogens is 360 g/mol. The van der Waals surface area contributed by atoms with E-state index < -0.39 is 11.9 Å². The first-order valence-corrected chi connectivity index (χ1v) is 6.95. The van der Waals surface area contributed by atoms with E-state index in [0.717, 1.165) is 0 Å². The Bertz CT molecular complexity index is 734. The van der Waals surface area contributed by atoms with Crippen molar-refractivity contribution in [3.05, 3.63) is 57.0 Å². The number of carbonyl (C=O) groups excluding carboxylic acids is 1. The van der Waals surface area contributed by atoms with Gasteiger partial charge in [0.1, 0.15) is 0 Å². The minimum absolute atomic E-state index is 0.0522. The molecule has 0 fully saturated rings. The summed E-state index contributed by atoms with van der Waals surface area (Å²) >= 11 is 9.26. The second kappa shape index (κ2) is 6.15. The van der Waals surface area contributed by atoms with E-state index in [1.807, 2.05) is 0 Å². The average molecular weight is 370 g/mol. The molecular formula is C14H10BrClN2O3. The van der Waals surface area contributed by atoms with Crippen LogP contribution in [0, 0.1) is 0 Å². The van der Waals surface area contributed by atoms with Gasteiger partial charge in [-0.15, -0.1) is 0 Å². The SMILES string of the molecule is Nc1ccc(C(=O)O)c(NC(=O)c2cccc(Br)c2Cl)c1. The first-order chi connectivity index (χ1) is 9.90. The van der Waals surface area contributed by atoms with Crippen molar-refractivity contribution < 1.29 is 14.7 Å². The van der Waals surface area contributed by atoms with Crippen LogP contribution in [0.25, 0.3) is 0 Å². The van der Waals surface area contributed by atoms with Gasteiger partial charge in [-0.05, 0) is 46.3 Å². The molecule has 2 aromatic rings. The lowest BCUT2D eigenvalue weighted by atomic mass is 10.1. The Hall–Kier alpha value is -2.05. The van der Waals surface area contributed by atoms with E-state index in [1.54, 1.807) is 12.1 Å². The molecule has 0 saturated heterocycles. The van der Waals surface area contributed by atoms with E-state index >= 15 is 0 Å². The largest absolute Gasteiger partial charge is 0.478 e. The summed E-state index contributed by atoms with van der Waals surface area (Å²) in [6.45, 7) is 0. The highest BCUT2D eigenvalue weighted by atomic mass is 79.9. The molecule has 1 amide bonds. The van der Waals surface area contributed by atoms with Crippen molar-refractivity contribution in [1.29, 1.82) is 0 Å².